The van der Waals surface area contributed by atoms with Gasteiger partial charge >= 0.3 is 6.18 Å². The van der Waals surface area contributed by atoms with Gasteiger partial charge in [0.2, 0.25) is 0 Å². The molecule has 1 amide bonds. The zero-order valence-corrected chi connectivity index (χ0v) is 16.8. The lowest BCUT2D eigenvalue weighted by Crippen LogP contribution is -2.38. The van der Waals surface area contributed by atoms with Crippen LogP contribution in [0.4, 0.5) is 18.9 Å². The fourth-order valence-corrected chi connectivity index (χ4v) is 3.05. The lowest BCUT2D eigenvalue weighted by molar-refractivity contribution is -0.385. The van der Waals surface area contributed by atoms with E-state index in [0.717, 1.165) is 5.56 Å². The fourth-order valence-electron chi connectivity index (χ4n) is 3.05. The molecule has 0 saturated carbocycles. The second kappa shape index (κ2) is 9.95. The van der Waals surface area contributed by atoms with Gasteiger partial charge in [0, 0.05) is 17.2 Å². The Morgan fingerprint density at radius 2 is 1.56 bits per heavy atom. The summed E-state index contributed by atoms with van der Waals surface area (Å²) in [5, 5.41) is 11.2. The number of nitrogens with zero attached hydrogens (tertiary/aromatic N) is 2. The third-order valence-electron chi connectivity index (χ3n) is 4.56. The number of nitro groups is 1. The summed E-state index contributed by atoms with van der Waals surface area (Å²) in [6, 6.07) is 20.5. The van der Waals surface area contributed by atoms with Gasteiger partial charge in [-0.05, 0) is 29.8 Å². The van der Waals surface area contributed by atoms with Gasteiger partial charge in [-0.15, -0.1) is 0 Å². The van der Waals surface area contributed by atoms with Crippen molar-refractivity contribution in [3.05, 3.63) is 106 Å². The van der Waals surface area contributed by atoms with E-state index >= 15 is 0 Å². The highest BCUT2D eigenvalue weighted by molar-refractivity contribution is 5.94. The summed E-state index contributed by atoms with van der Waals surface area (Å²) in [4.78, 5) is 23.9. The number of ether oxygens (including phenoxy) is 1. The molecule has 0 aromatic heterocycles. The van der Waals surface area contributed by atoms with Gasteiger partial charge in [0.25, 0.3) is 11.6 Å². The van der Waals surface area contributed by atoms with Gasteiger partial charge in [-0.25, -0.2) is 0 Å². The van der Waals surface area contributed by atoms with Gasteiger partial charge in [0.1, 0.15) is 18.9 Å². The van der Waals surface area contributed by atoms with E-state index in [1.807, 2.05) is 18.2 Å². The van der Waals surface area contributed by atoms with Crippen molar-refractivity contribution >= 4 is 11.6 Å². The molecular formula is C23H19F3N2O4. The molecule has 3 rings (SSSR count). The minimum Gasteiger partial charge on any atom is -0.489 e. The van der Waals surface area contributed by atoms with E-state index in [1.165, 1.54) is 36.4 Å². The lowest BCUT2D eigenvalue weighted by Gasteiger charge is -2.24. The first-order valence-electron chi connectivity index (χ1n) is 9.58. The van der Waals surface area contributed by atoms with Gasteiger partial charge in [-0.2, -0.15) is 13.2 Å². The molecule has 0 heterocycles. The maximum absolute atomic E-state index is 13.1. The van der Waals surface area contributed by atoms with Crippen LogP contribution in [0.15, 0.2) is 78.9 Å². The molecule has 0 fully saturated rings. The van der Waals surface area contributed by atoms with Crippen LogP contribution in [0.5, 0.6) is 5.75 Å². The second-order valence-corrected chi connectivity index (χ2v) is 6.96. The van der Waals surface area contributed by atoms with Crippen molar-refractivity contribution in [1.29, 1.82) is 0 Å². The van der Waals surface area contributed by atoms with E-state index in [-0.39, 0.29) is 23.4 Å². The maximum Gasteiger partial charge on any atom is 0.406 e. The number of carbonyl (C=O) groups is 1. The van der Waals surface area contributed by atoms with Crippen LogP contribution < -0.4 is 4.74 Å². The van der Waals surface area contributed by atoms with Crippen molar-refractivity contribution in [3.63, 3.8) is 0 Å². The van der Waals surface area contributed by atoms with Crippen LogP contribution in [0, 0.1) is 10.1 Å². The van der Waals surface area contributed by atoms with Crippen LogP contribution in [-0.4, -0.2) is 28.5 Å². The third-order valence-corrected chi connectivity index (χ3v) is 4.56. The maximum atomic E-state index is 13.1. The molecule has 0 bridgehead atoms. The van der Waals surface area contributed by atoms with E-state index < -0.39 is 30.1 Å². The van der Waals surface area contributed by atoms with Crippen molar-refractivity contribution in [3.8, 4) is 5.75 Å². The zero-order chi connectivity index (χ0) is 23.1. The number of para-hydroxylation sites is 2. The van der Waals surface area contributed by atoms with Gasteiger partial charge in [-0.3, -0.25) is 14.9 Å². The summed E-state index contributed by atoms with van der Waals surface area (Å²) in [5.41, 5.74) is 0.437. The number of carbonyl (C=O) groups excluding carboxylic acids is 1. The fraction of sp³-hybridized carbons (Fsp3) is 0.174. The van der Waals surface area contributed by atoms with Crippen molar-refractivity contribution in [1.82, 2.24) is 4.90 Å². The molecule has 9 heteroatoms. The summed E-state index contributed by atoms with van der Waals surface area (Å²) in [6.07, 6.45) is -4.66. The molecule has 0 saturated heterocycles. The largest absolute Gasteiger partial charge is 0.489 e. The molecule has 0 aliphatic rings. The Kier molecular flexibility index (Phi) is 7.09. The Morgan fingerprint density at radius 3 is 2.19 bits per heavy atom. The molecule has 0 atom stereocenters. The summed E-state index contributed by atoms with van der Waals surface area (Å²) >= 11 is 0. The topological polar surface area (TPSA) is 72.7 Å². The smallest absolute Gasteiger partial charge is 0.406 e. The highest BCUT2D eigenvalue weighted by Crippen LogP contribution is 2.24. The number of alkyl halides is 3. The molecule has 0 radical (unpaired) electrons. The monoisotopic (exact) mass is 444 g/mol. The van der Waals surface area contributed by atoms with Crippen molar-refractivity contribution in [2.45, 2.75) is 19.3 Å². The molecule has 3 aromatic rings. The standard InChI is InChI=1S/C23H19F3N2O4/c24-23(25,26)16-27(14-19-6-4-5-9-21(19)28(30)31)22(29)18-12-10-17(11-13-18)15-32-20-7-2-1-3-8-20/h1-13H,14-16H2. The van der Waals surface area contributed by atoms with Crippen molar-refractivity contribution in [2.75, 3.05) is 6.54 Å². The first-order valence-corrected chi connectivity index (χ1v) is 9.58. The molecule has 0 unspecified atom stereocenters. The van der Waals surface area contributed by atoms with E-state index in [4.69, 9.17) is 4.74 Å². The molecule has 0 N–H and O–H groups in total. The number of amides is 1. The average Bonchev–Trinajstić information content (AvgIpc) is 2.77. The SMILES string of the molecule is O=C(c1ccc(COc2ccccc2)cc1)N(Cc1ccccc1[N+](=O)[O-])CC(F)(F)F. The molecule has 32 heavy (non-hydrogen) atoms. The number of hydrogen-bond acceptors (Lipinski definition) is 4. The average molecular weight is 444 g/mol. The number of hydrogen-bond donors (Lipinski definition) is 0. The predicted molar refractivity (Wildman–Crippen MR) is 111 cm³/mol. The molecule has 6 nitrogen and oxygen atoms in total. The Hall–Kier alpha value is -3.88. The van der Waals surface area contributed by atoms with Crippen LogP contribution in [0.3, 0.4) is 0 Å². The van der Waals surface area contributed by atoms with Crippen LogP contribution in [0.1, 0.15) is 21.5 Å². The number of halogens is 3. The van der Waals surface area contributed by atoms with Crippen molar-refractivity contribution < 1.29 is 27.6 Å². The van der Waals surface area contributed by atoms with E-state index in [1.54, 1.807) is 24.3 Å². The second-order valence-electron chi connectivity index (χ2n) is 6.96. The van der Waals surface area contributed by atoms with Crippen LogP contribution in [0.25, 0.3) is 0 Å². The molecular weight excluding hydrogens is 425 g/mol. The van der Waals surface area contributed by atoms with Gasteiger partial charge in [-0.1, -0.05) is 48.5 Å². The van der Waals surface area contributed by atoms with Crippen LogP contribution in [0.2, 0.25) is 0 Å². The van der Waals surface area contributed by atoms with Crippen LogP contribution in [-0.2, 0) is 13.2 Å². The molecule has 3 aromatic carbocycles. The molecule has 0 aliphatic carbocycles. The molecule has 166 valence electrons. The van der Waals surface area contributed by atoms with Gasteiger partial charge in [0.15, 0.2) is 0 Å². The first-order chi connectivity index (χ1) is 15.2. The normalized spacial score (nSPS) is 11.1. The summed E-state index contributed by atoms with van der Waals surface area (Å²) < 4.78 is 45.0. The third kappa shape index (κ3) is 6.31. The minimum atomic E-state index is -4.66. The predicted octanol–water partition coefficient (Wildman–Crippen LogP) is 5.38. The van der Waals surface area contributed by atoms with Crippen molar-refractivity contribution in [2.24, 2.45) is 0 Å². The molecule has 0 spiro atoms. The Balaban J connectivity index is 1.76. The molecule has 0 aliphatic heterocycles. The first kappa shape index (κ1) is 22.8. The van der Waals surface area contributed by atoms with E-state index in [0.29, 0.717) is 10.6 Å². The number of benzene rings is 3. The number of nitro benzene ring substituents is 1. The van der Waals surface area contributed by atoms with Crippen LogP contribution >= 0.6 is 0 Å². The number of rotatable bonds is 8. The van der Waals surface area contributed by atoms with Gasteiger partial charge in [0.05, 0.1) is 11.5 Å². The van der Waals surface area contributed by atoms with Gasteiger partial charge < -0.3 is 9.64 Å². The highest BCUT2D eigenvalue weighted by atomic mass is 19.4. The summed E-state index contributed by atoms with van der Waals surface area (Å²) in [5.74, 6) is -0.218. The van der Waals surface area contributed by atoms with E-state index in [9.17, 15) is 28.1 Å². The lowest BCUT2D eigenvalue weighted by atomic mass is 10.1. The van der Waals surface area contributed by atoms with E-state index in [2.05, 4.69) is 0 Å². The Labute approximate surface area is 182 Å². The minimum absolute atomic E-state index is 0.0166. The summed E-state index contributed by atoms with van der Waals surface area (Å²) in [6.45, 7) is -1.86. The highest BCUT2D eigenvalue weighted by Gasteiger charge is 2.34. The Bertz CT molecular complexity index is 1070. The zero-order valence-electron chi connectivity index (χ0n) is 16.8. The Morgan fingerprint density at radius 1 is 0.938 bits per heavy atom. The quantitative estimate of drug-likeness (QED) is 0.346. The summed E-state index contributed by atoms with van der Waals surface area (Å²) in [7, 11) is 0.